The molecule has 110 valence electrons. The first-order valence-corrected chi connectivity index (χ1v) is 8.50. The summed E-state index contributed by atoms with van der Waals surface area (Å²) in [5.41, 5.74) is 7.28. The number of sulfonamides is 1. The lowest BCUT2D eigenvalue weighted by atomic mass is 10.3. The van der Waals surface area contributed by atoms with Gasteiger partial charge in [0.05, 0.1) is 6.20 Å². The van der Waals surface area contributed by atoms with Crippen molar-refractivity contribution in [1.29, 1.82) is 0 Å². The number of aromatic nitrogens is 2. The molecule has 2 aromatic heterocycles. The Morgan fingerprint density at radius 1 is 1.45 bits per heavy atom. The molecule has 2 aromatic rings. The fourth-order valence-corrected chi connectivity index (χ4v) is 4.16. The zero-order valence-corrected chi connectivity index (χ0v) is 13.1. The van der Waals surface area contributed by atoms with Gasteiger partial charge in [0.15, 0.2) is 0 Å². The van der Waals surface area contributed by atoms with Crippen LogP contribution in [0.1, 0.15) is 16.1 Å². The third-order valence-electron chi connectivity index (χ3n) is 3.08. The molecular weight excluding hydrogens is 296 g/mol. The Bertz CT molecular complexity index is 688. The van der Waals surface area contributed by atoms with Crippen LogP contribution in [0, 0.1) is 6.92 Å². The number of nitrogens with two attached hydrogens (primary N) is 1. The van der Waals surface area contributed by atoms with Crippen LogP contribution in [0.2, 0.25) is 0 Å². The normalized spacial score (nSPS) is 11.9. The Kier molecular flexibility index (Phi) is 4.59. The van der Waals surface area contributed by atoms with E-state index in [4.69, 9.17) is 5.73 Å². The molecular formula is C12H18N4O2S2. The molecule has 20 heavy (non-hydrogen) atoms. The molecule has 0 radical (unpaired) electrons. The summed E-state index contributed by atoms with van der Waals surface area (Å²) < 4.78 is 29.0. The third-order valence-corrected chi connectivity index (χ3v) is 6.12. The van der Waals surface area contributed by atoms with Crippen molar-refractivity contribution in [3.8, 4) is 0 Å². The smallest absolute Gasteiger partial charge is 0.250 e. The van der Waals surface area contributed by atoms with Gasteiger partial charge in [0.2, 0.25) is 10.0 Å². The quantitative estimate of drug-likeness (QED) is 0.824. The average Bonchev–Trinajstić information content (AvgIpc) is 2.98. The van der Waals surface area contributed by atoms with E-state index >= 15 is 0 Å². The molecule has 0 aliphatic heterocycles. The van der Waals surface area contributed by atoms with Crippen LogP contribution in [0.25, 0.3) is 0 Å². The highest BCUT2D eigenvalue weighted by molar-refractivity contribution is 7.91. The predicted molar refractivity (Wildman–Crippen MR) is 79.0 cm³/mol. The second-order valence-electron chi connectivity index (χ2n) is 4.46. The van der Waals surface area contributed by atoms with Crippen LogP contribution in [0.15, 0.2) is 22.5 Å². The van der Waals surface area contributed by atoms with Gasteiger partial charge in [-0.25, -0.2) is 13.1 Å². The maximum Gasteiger partial charge on any atom is 0.250 e. The highest BCUT2D eigenvalue weighted by Crippen LogP contribution is 2.22. The summed E-state index contributed by atoms with van der Waals surface area (Å²) in [4.78, 5) is 0.977. The van der Waals surface area contributed by atoms with Gasteiger partial charge in [-0.15, -0.1) is 11.3 Å². The van der Waals surface area contributed by atoms with E-state index in [1.54, 1.807) is 23.0 Å². The molecule has 0 saturated carbocycles. The van der Waals surface area contributed by atoms with E-state index in [0.29, 0.717) is 17.2 Å². The largest absolute Gasteiger partial charge is 0.330 e. The van der Waals surface area contributed by atoms with Gasteiger partial charge in [-0.3, -0.25) is 4.68 Å². The van der Waals surface area contributed by atoms with E-state index in [1.165, 1.54) is 11.3 Å². The maximum absolute atomic E-state index is 12.2. The molecule has 2 rings (SSSR count). The van der Waals surface area contributed by atoms with Gasteiger partial charge in [0.25, 0.3) is 0 Å². The summed E-state index contributed by atoms with van der Waals surface area (Å²) in [6.07, 6.45) is 2.37. The van der Waals surface area contributed by atoms with E-state index in [-0.39, 0.29) is 6.54 Å². The van der Waals surface area contributed by atoms with E-state index in [2.05, 4.69) is 9.82 Å². The highest BCUT2D eigenvalue weighted by Gasteiger charge is 2.17. The fourth-order valence-electron chi connectivity index (χ4n) is 1.74. The molecule has 0 unspecified atom stereocenters. The molecule has 0 amide bonds. The van der Waals surface area contributed by atoms with Crippen molar-refractivity contribution in [3.63, 3.8) is 0 Å². The van der Waals surface area contributed by atoms with E-state index in [1.807, 2.05) is 14.0 Å². The fraction of sp³-hybridized carbons (Fsp3) is 0.417. The van der Waals surface area contributed by atoms with Crippen LogP contribution in [0.3, 0.4) is 0 Å². The number of rotatable bonds is 6. The predicted octanol–water partition coefficient (Wildman–Crippen LogP) is 0.770. The SMILES string of the molecule is Cc1c(CNS(=O)(=O)c2ccc(CCN)s2)cnn1C. The summed E-state index contributed by atoms with van der Waals surface area (Å²) in [6.45, 7) is 2.66. The van der Waals surface area contributed by atoms with Gasteiger partial charge in [0, 0.05) is 29.7 Å². The summed E-state index contributed by atoms with van der Waals surface area (Å²) in [5, 5.41) is 4.09. The van der Waals surface area contributed by atoms with E-state index in [0.717, 1.165) is 16.1 Å². The first kappa shape index (κ1) is 15.2. The second-order valence-corrected chi connectivity index (χ2v) is 7.62. The van der Waals surface area contributed by atoms with Gasteiger partial charge in [-0.2, -0.15) is 5.10 Å². The van der Waals surface area contributed by atoms with Crippen molar-refractivity contribution in [2.45, 2.75) is 24.1 Å². The molecule has 2 heterocycles. The Labute approximate surface area is 122 Å². The highest BCUT2D eigenvalue weighted by atomic mass is 32.2. The average molecular weight is 314 g/mol. The van der Waals surface area contributed by atoms with Crippen molar-refractivity contribution >= 4 is 21.4 Å². The minimum absolute atomic E-state index is 0.242. The topological polar surface area (TPSA) is 90.0 Å². The van der Waals surface area contributed by atoms with Crippen molar-refractivity contribution in [3.05, 3.63) is 34.5 Å². The van der Waals surface area contributed by atoms with Gasteiger partial charge in [-0.1, -0.05) is 0 Å². The Morgan fingerprint density at radius 3 is 2.80 bits per heavy atom. The van der Waals surface area contributed by atoms with Crippen LogP contribution >= 0.6 is 11.3 Å². The first-order chi connectivity index (χ1) is 9.44. The summed E-state index contributed by atoms with van der Waals surface area (Å²) in [5.74, 6) is 0. The molecule has 6 nitrogen and oxygen atoms in total. The molecule has 0 bridgehead atoms. The van der Waals surface area contributed by atoms with Crippen LogP contribution in [-0.2, 0) is 30.0 Å². The number of nitrogens with zero attached hydrogens (tertiary/aromatic N) is 2. The minimum Gasteiger partial charge on any atom is -0.330 e. The van der Waals surface area contributed by atoms with Gasteiger partial charge in [-0.05, 0) is 32.0 Å². The van der Waals surface area contributed by atoms with Crippen LogP contribution in [0.5, 0.6) is 0 Å². The Balaban J connectivity index is 2.08. The maximum atomic E-state index is 12.2. The van der Waals surface area contributed by atoms with Crippen molar-refractivity contribution in [2.24, 2.45) is 12.8 Å². The molecule has 0 aromatic carbocycles. The molecule has 8 heteroatoms. The van der Waals surface area contributed by atoms with Crippen LogP contribution in [-0.4, -0.2) is 24.7 Å². The van der Waals surface area contributed by atoms with Crippen molar-refractivity contribution in [2.75, 3.05) is 6.54 Å². The summed E-state index contributed by atoms with van der Waals surface area (Å²) in [7, 11) is -1.65. The lowest BCUT2D eigenvalue weighted by Gasteiger charge is -2.04. The van der Waals surface area contributed by atoms with Crippen molar-refractivity contribution < 1.29 is 8.42 Å². The van der Waals surface area contributed by atoms with Crippen LogP contribution in [0.4, 0.5) is 0 Å². The minimum atomic E-state index is -3.47. The number of nitrogens with one attached hydrogen (secondary N) is 1. The molecule has 0 fully saturated rings. The monoisotopic (exact) mass is 314 g/mol. The number of thiophene rings is 1. The molecule has 0 spiro atoms. The first-order valence-electron chi connectivity index (χ1n) is 6.20. The molecule has 0 atom stereocenters. The van der Waals surface area contributed by atoms with E-state index in [9.17, 15) is 8.42 Å². The number of aryl methyl sites for hydroxylation is 1. The summed E-state index contributed by atoms with van der Waals surface area (Å²) >= 11 is 1.26. The number of hydrogen-bond donors (Lipinski definition) is 2. The zero-order valence-electron chi connectivity index (χ0n) is 11.5. The molecule has 3 N–H and O–H groups in total. The molecule has 0 saturated heterocycles. The standard InChI is InChI=1S/C12H18N4O2S2/c1-9-10(7-14-16(9)2)8-15-20(17,18)12-4-3-11(19-12)5-6-13/h3-4,7,15H,5-6,8,13H2,1-2H3. The Hall–Kier alpha value is -1.22. The summed E-state index contributed by atoms with van der Waals surface area (Å²) in [6, 6.07) is 3.43. The second kappa shape index (κ2) is 6.04. The molecule has 0 aliphatic carbocycles. The van der Waals surface area contributed by atoms with Gasteiger partial charge in [0.1, 0.15) is 4.21 Å². The van der Waals surface area contributed by atoms with Crippen LogP contribution < -0.4 is 10.5 Å². The number of hydrogen-bond acceptors (Lipinski definition) is 5. The molecule has 0 aliphatic rings. The third kappa shape index (κ3) is 3.26. The lowest BCUT2D eigenvalue weighted by Crippen LogP contribution is -2.22. The zero-order chi connectivity index (χ0) is 14.8. The van der Waals surface area contributed by atoms with Crippen molar-refractivity contribution in [1.82, 2.24) is 14.5 Å². The Morgan fingerprint density at radius 2 is 2.20 bits per heavy atom. The van der Waals surface area contributed by atoms with Gasteiger partial charge >= 0.3 is 0 Å². The lowest BCUT2D eigenvalue weighted by molar-refractivity contribution is 0.583. The van der Waals surface area contributed by atoms with E-state index < -0.39 is 10.0 Å². The van der Waals surface area contributed by atoms with Gasteiger partial charge < -0.3 is 5.73 Å².